The van der Waals surface area contributed by atoms with Crippen molar-refractivity contribution in [3.8, 4) is 17.1 Å². The number of ether oxygens (including phenoxy) is 1. The lowest BCUT2D eigenvalue weighted by Gasteiger charge is -2.27. The summed E-state index contributed by atoms with van der Waals surface area (Å²) >= 11 is 0. The van der Waals surface area contributed by atoms with Crippen LogP contribution in [-0.2, 0) is 26.1 Å². The Morgan fingerprint density at radius 1 is 1.19 bits per heavy atom. The smallest absolute Gasteiger partial charge is 0.140 e. The normalized spacial score (nSPS) is 16.5. The Morgan fingerprint density at radius 2 is 2.15 bits per heavy atom. The molecule has 0 aromatic carbocycles. The maximum Gasteiger partial charge on any atom is 0.140 e. The molecule has 0 atom stereocenters. The van der Waals surface area contributed by atoms with Gasteiger partial charge in [-0.25, -0.2) is 0 Å². The fraction of sp³-hybridized carbons (Fsp3) is 0.381. The van der Waals surface area contributed by atoms with E-state index in [4.69, 9.17) is 9.84 Å². The summed E-state index contributed by atoms with van der Waals surface area (Å²) in [4.78, 5) is 11.6. The summed E-state index contributed by atoms with van der Waals surface area (Å²) in [5, 5.41) is 4.78. The zero-order chi connectivity index (χ0) is 18.2. The number of hydrogen-bond acceptors (Lipinski definition) is 5. The zero-order valence-corrected chi connectivity index (χ0v) is 15.6. The van der Waals surface area contributed by atoms with Crippen LogP contribution < -0.4 is 4.74 Å². The van der Waals surface area contributed by atoms with E-state index in [9.17, 15) is 0 Å². The van der Waals surface area contributed by atoms with Crippen molar-refractivity contribution < 1.29 is 4.74 Å². The molecule has 0 N–H and O–H groups in total. The average molecular weight is 361 g/mol. The number of aromatic nitrogens is 4. The van der Waals surface area contributed by atoms with E-state index in [1.807, 2.05) is 18.5 Å². The molecule has 6 nitrogen and oxygen atoms in total. The highest BCUT2D eigenvalue weighted by Crippen LogP contribution is 2.26. The van der Waals surface area contributed by atoms with Gasteiger partial charge in [0.2, 0.25) is 0 Å². The number of aryl methyl sites for hydroxylation is 2. The largest absolute Gasteiger partial charge is 0.492 e. The molecule has 3 aromatic heterocycles. The first-order chi connectivity index (χ1) is 13.3. The molecule has 0 radical (unpaired) electrons. The van der Waals surface area contributed by atoms with Crippen molar-refractivity contribution in [3.63, 3.8) is 0 Å². The number of nitrogens with zero attached hydrogens (tertiary/aromatic N) is 5. The second-order valence-electron chi connectivity index (χ2n) is 7.36. The van der Waals surface area contributed by atoms with Gasteiger partial charge in [-0.2, -0.15) is 5.10 Å². The lowest BCUT2D eigenvalue weighted by Crippen LogP contribution is -2.33. The average Bonchev–Trinajstić information content (AvgIpc) is 3.11. The molecule has 0 saturated heterocycles. The van der Waals surface area contributed by atoms with Crippen LogP contribution in [-0.4, -0.2) is 37.8 Å². The lowest BCUT2D eigenvalue weighted by molar-refractivity contribution is 0.202. The van der Waals surface area contributed by atoms with Crippen LogP contribution in [0.3, 0.4) is 0 Å². The maximum atomic E-state index is 5.68. The van der Waals surface area contributed by atoms with E-state index in [1.54, 1.807) is 0 Å². The van der Waals surface area contributed by atoms with Gasteiger partial charge in [-0.1, -0.05) is 6.07 Å². The third kappa shape index (κ3) is 3.21. The van der Waals surface area contributed by atoms with Crippen LogP contribution in [0.4, 0.5) is 0 Å². The highest BCUT2D eigenvalue weighted by atomic mass is 16.5. The van der Waals surface area contributed by atoms with Crippen LogP contribution in [0.15, 0.2) is 36.7 Å². The van der Waals surface area contributed by atoms with Crippen molar-refractivity contribution in [2.24, 2.45) is 0 Å². The van der Waals surface area contributed by atoms with E-state index >= 15 is 0 Å². The summed E-state index contributed by atoms with van der Waals surface area (Å²) in [7, 11) is 0. The zero-order valence-electron chi connectivity index (χ0n) is 15.6. The molecule has 138 valence electrons. The molecule has 3 aromatic rings. The van der Waals surface area contributed by atoms with Gasteiger partial charge < -0.3 is 4.74 Å². The monoisotopic (exact) mass is 361 g/mol. The SMILES string of the molecule is Cc1cccnc1-c1cc2n(n1)CCN(Cc1cc3c(cn1)OCCC3)C2. The molecule has 5 rings (SSSR count). The topological polar surface area (TPSA) is 56.1 Å². The molecule has 2 aliphatic heterocycles. The first-order valence-corrected chi connectivity index (χ1v) is 9.58. The van der Waals surface area contributed by atoms with Crippen molar-refractivity contribution >= 4 is 0 Å². The highest BCUT2D eigenvalue weighted by molar-refractivity contribution is 5.58. The van der Waals surface area contributed by atoms with E-state index in [1.165, 1.54) is 11.3 Å². The molecule has 0 spiro atoms. The summed E-state index contributed by atoms with van der Waals surface area (Å²) in [6, 6.07) is 8.43. The quantitative estimate of drug-likeness (QED) is 0.718. The predicted octanol–water partition coefficient (Wildman–Crippen LogP) is 2.99. The van der Waals surface area contributed by atoms with Crippen LogP contribution in [0.25, 0.3) is 11.4 Å². The summed E-state index contributed by atoms with van der Waals surface area (Å²) in [6.07, 6.45) is 5.90. The predicted molar refractivity (Wildman–Crippen MR) is 102 cm³/mol. The van der Waals surface area contributed by atoms with E-state index in [0.717, 1.165) is 74.0 Å². The second kappa shape index (κ2) is 6.78. The molecule has 5 heterocycles. The fourth-order valence-corrected chi connectivity index (χ4v) is 3.94. The van der Waals surface area contributed by atoms with Crippen molar-refractivity contribution in [3.05, 3.63) is 59.2 Å². The van der Waals surface area contributed by atoms with Crippen LogP contribution in [0.1, 0.15) is 28.9 Å². The number of hydrogen-bond donors (Lipinski definition) is 0. The molecule has 2 aliphatic rings. The van der Waals surface area contributed by atoms with Gasteiger partial charge in [0.1, 0.15) is 11.4 Å². The first-order valence-electron chi connectivity index (χ1n) is 9.58. The molecule has 0 fully saturated rings. The van der Waals surface area contributed by atoms with Gasteiger partial charge >= 0.3 is 0 Å². The van der Waals surface area contributed by atoms with Crippen molar-refractivity contribution in [1.82, 2.24) is 24.6 Å². The van der Waals surface area contributed by atoms with Gasteiger partial charge in [-0.3, -0.25) is 19.5 Å². The minimum Gasteiger partial charge on any atom is -0.492 e. The molecule has 0 unspecified atom stereocenters. The number of pyridine rings is 2. The lowest BCUT2D eigenvalue weighted by atomic mass is 10.1. The van der Waals surface area contributed by atoms with Gasteiger partial charge in [0.25, 0.3) is 0 Å². The third-order valence-corrected chi connectivity index (χ3v) is 5.37. The van der Waals surface area contributed by atoms with Crippen molar-refractivity contribution in [2.45, 2.75) is 39.4 Å². The van der Waals surface area contributed by atoms with E-state index < -0.39 is 0 Å². The third-order valence-electron chi connectivity index (χ3n) is 5.37. The molecule has 6 heteroatoms. The summed E-state index contributed by atoms with van der Waals surface area (Å²) in [6.45, 7) is 6.51. The summed E-state index contributed by atoms with van der Waals surface area (Å²) < 4.78 is 7.79. The Kier molecular flexibility index (Phi) is 4.13. The highest BCUT2D eigenvalue weighted by Gasteiger charge is 2.21. The molecule has 0 amide bonds. The summed E-state index contributed by atoms with van der Waals surface area (Å²) in [5.41, 5.74) is 6.75. The van der Waals surface area contributed by atoms with Gasteiger partial charge in [-0.15, -0.1) is 0 Å². The fourth-order valence-electron chi connectivity index (χ4n) is 3.94. The molecular weight excluding hydrogens is 338 g/mol. The molecule has 0 saturated carbocycles. The Morgan fingerprint density at radius 3 is 3.07 bits per heavy atom. The van der Waals surface area contributed by atoms with Gasteiger partial charge in [0.05, 0.1) is 36.4 Å². The van der Waals surface area contributed by atoms with Gasteiger partial charge in [0, 0.05) is 25.8 Å². The Labute approximate surface area is 158 Å². The first kappa shape index (κ1) is 16.4. The minimum absolute atomic E-state index is 0.808. The molecule has 0 aliphatic carbocycles. The molecule has 27 heavy (non-hydrogen) atoms. The van der Waals surface area contributed by atoms with Crippen molar-refractivity contribution in [1.29, 1.82) is 0 Å². The second-order valence-corrected chi connectivity index (χ2v) is 7.36. The van der Waals surface area contributed by atoms with Crippen LogP contribution >= 0.6 is 0 Å². The number of rotatable bonds is 3. The standard InChI is InChI=1S/C21H23N5O/c1-15-4-2-6-22-21(15)19-11-18-14-25(7-8-26(18)24-19)13-17-10-16-5-3-9-27-20(16)12-23-17/h2,4,6,10-12H,3,5,7-9,13-14H2,1H3. The Hall–Kier alpha value is -2.73. The van der Waals surface area contributed by atoms with Gasteiger partial charge in [-0.05, 0) is 49.1 Å². The van der Waals surface area contributed by atoms with E-state index in [0.29, 0.717) is 0 Å². The minimum atomic E-state index is 0.808. The van der Waals surface area contributed by atoms with Crippen LogP contribution in [0.5, 0.6) is 5.75 Å². The van der Waals surface area contributed by atoms with E-state index in [2.05, 4.69) is 44.7 Å². The van der Waals surface area contributed by atoms with Crippen molar-refractivity contribution in [2.75, 3.05) is 13.2 Å². The molecular formula is C21H23N5O. The summed E-state index contributed by atoms with van der Waals surface area (Å²) in [5.74, 6) is 0.956. The Bertz CT molecular complexity index is 980. The van der Waals surface area contributed by atoms with Crippen LogP contribution in [0.2, 0.25) is 0 Å². The van der Waals surface area contributed by atoms with Gasteiger partial charge in [0.15, 0.2) is 0 Å². The number of fused-ring (bicyclic) bond motifs is 2. The van der Waals surface area contributed by atoms with Crippen LogP contribution in [0, 0.1) is 6.92 Å². The molecule has 0 bridgehead atoms. The Balaban J connectivity index is 1.33. The van der Waals surface area contributed by atoms with E-state index in [-0.39, 0.29) is 0 Å². The maximum absolute atomic E-state index is 5.68.